The summed E-state index contributed by atoms with van der Waals surface area (Å²) in [6.45, 7) is 0. The molecule has 17 heavy (non-hydrogen) atoms. The lowest BCUT2D eigenvalue weighted by molar-refractivity contribution is 0.0697. The second-order valence-corrected chi connectivity index (χ2v) is 3.40. The minimum absolute atomic E-state index is 0.235. The molecule has 0 aliphatic rings. The molecule has 0 unspecified atom stereocenters. The SMILES string of the molecule is O=C(O)c1ccc(-n2cccc2/C=N/O)cc1. The number of carbonyl (C=O) groups is 1. The fourth-order valence-corrected chi connectivity index (χ4v) is 1.56. The van der Waals surface area contributed by atoms with Crippen LogP contribution in [-0.4, -0.2) is 27.1 Å². The Morgan fingerprint density at radius 3 is 2.53 bits per heavy atom. The van der Waals surface area contributed by atoms with Crippen molar-refractivity contribution >= 4 is 12.2 Å². The van der Waals surface area contributed by atoms with Crippen molar-refractivity contribution in [3.63, 3.8) is 0 Å². The first kappa shape index (κ1) is 10.9. The van der Waals surface area contributed by atoms with E-state index < -0.39 is 5.97 Å². The number of hydrogen-bond donors (Lipinski definition) is 2. The average Bonchev–Trinajstić information content (AvgIpc) is 2.78. The van der Waals surface area contributed by atoms with E-state index in [1.807, 2.05) is 6.07 Å². The normalized spacial score (nSPS) is 10.8. The Bertz CT molecular complexity index is 555. The number of nitrogens with zero attached hydrogens (tertiary/aromatic N) is 2. The molecule has 0 saturated carbocycles. The first-order valence-electron chi connectivity index (χ1n) is 4.91. The quantitative estimate of drug-likeness (QED) is 0.481. The largest absolute Gasteiger partial charge is 0.478 e. The third kappa shape index (κ3) is 2.17. The Kier molecular flexibility index (Phi) is 2.91. The highest BCUT2D eigenvalue weighted by molar-refractivity contribution is 5.87. The Labute approximate surface area is 97.2 Å². The first-order valence-corrected chi connectivity index (χ1v) is 4.91. The number of benzene rings is 1. The van der Waals surface area contributed by atoms with E-state index in [4.69, 9.17) is 10.3 Å². The third-order valence-corrected chi connectivity index (χ3v) is 2.36. The zero-order valence-electron chi connectivity index (χ0n) is 8.82. The van der Waals surface area contributed by atoms with Crippen LogP contribution in [0.4, 0.5) is 0 Å². The van der Waals surface area contributed by atoms with Crippen molar-refractivity contribution in [2.45, 2.75) is 0 Å². The summed E-state index contributed by atoms with van der Waals surface area (Å²) in [5.74, 6) is -0.957. The van der Waals surface area contributed by atoms with Crippen LogP contribution in [0, 0.1) is 0 Å². The smallest absolute Gasteiger partial charge is 0.335 e. The molecule has 1 aromatic carbocycles. The van der Waals surface area contributed by atoms with Gasteiger partial charge in [-0.1, -0.05) is 5.16 Å². The molecule has 5 nitrogen and oxygen atoms in total. The van der Waals surface area contributed by atoms with E-state index in [1.165, 1.54) is 18.3 Å². The molecular weight excluding hydrogens is 220 g/mol. The summed E-state index contributed by atoms with van der Waals surface area (Å²) in [6.07, 6.45) is 3.11. The van der Waals surface area contributed by atoms with Crippen LogP contribution in [0.5, 0.6) is 0 Å². The molecule has 1 heterocycles. The van der Waals surface area contributed by atoms with E-state index in [0.717, 1.165) is 5.69 Å². The lowest BCUT2D eigenvalue weighted by Gasteiger charge is -2.05. The fourth-order valence-electron chi connectivity index (χ4n) is 1.56. The number of aromatic carboxylic acids is 1. The van der Waals surface area contributed by atoms with Crippen LogP contribution < -0.4 is 0 Å². The van der Waals surface area contributed by atoms with Crippen molar-refractivity contribution < 1.29 is 15.1 Å². The van der Waals surface area contributed by atoms with Crippen LogP contribution in [0.3, 0.4) is 0 Å². The molecule has 2 rings (SSSR count). The molecule has 0 aliphatic heterocycles. The minimum atomic E-state index is -0.957. The molecule has 0 radical (unpaired) electrons. The standard InChI is InChI=1S/C12H10N2O3/c15-12(16)9-3-5-10(6-4-9)14-7-1-2-11(14)8-13-17/h1-8,17H,(H,15,16)/b13-8+. The van der Waals surface area contributed by atoms with E-state index in [0.29, 0.717) is 5.69 Å². The van der Waals surface area contributed by atoms with Gasteiger partial charge in [-0.2, -0.15) is 0 Å². The summed E-state index contributed by atoms with van der Waals surface area (Å²) in [5, 5.41) is 20.3. The summed E-state index contributed by atoms with van der Waals surface area (Å²) in [4.78, 5) is 10.7. The number of oxime groups is 1. The van der Waals surface area contributed by atoms with E-state index in [2.05, 4.69) is 5.16 Å². The Hall–Kier alpha value is -2.56. The maximum absolute atomic E-state index is 10.7. The average molecular weight is 230 g/mol. The maximum Gasteiger partial charge on any atom is 0.335 e. The van der Waals surface area contributed by atoms with Crippen LogP contribution in [0.1, 0.15) is 16.1 Å². The van der Waals surface area contributed by atoms with Gasteiger partial charge in [-0.25, -0.2) is 4.79 Å². The fraction of sp³-hybridized carbons (Fsp3) is 0. The van der Waals surface area contributed by atoms with Crippen LogP contribution in [0.2, 0.25) is 0 Å². The van der Waals surface area contributed by atoms with Gasteiger partial charge in [-0.05, 0) is 36.4 Å². The van der Waals surface area contributed by atoms with Crippen LogP contribution in [0.25, 0.3) is 5.69 Å². The van der Waals surface area contributed by atoms with Gasteiger partial charge in [0.05, 0.1) is 17.5 Å². The second kappa shape index (κ2) is 4.52. The third-order valence-electron chi connectivity index (χ3n) is 2.36. The molecule has 0 aliphatic carbocycles. The molecule has 2 aromatic rings. The highest BCUT2D eigenvalue weighted by Crippen LogP contribution is 2.12. The highest BCUT2D eigenvalue weighted by Gasteiger charge is 2.04. The predicted molar refractivity (Wildman–Crippen MR) is 62.1 cm³/mol. The van der Waals surface area contributed by atoms with Gasteiger partial charge in [0.2, 0.25) is 0 Å². The number of carboxylic acids is 1. The topological polar surface area (TPSA) is 74.8 Å². The minimum Gasteiger partial charge on any atom is -0.478 e. The number of rotatable bonds is 3. The van der Waals surface area contributed by atoms with Crippen molar-refractivity contribution in [3.05, 3.63) is 53.9 Å². The van der Waals surface area contributed by atoms with E-state index in [9.17, 15) is 4.79 Å². The zero-order valence-corrected chi connectivity index (χ0v) is 8.82. The van der Waals surface area contributed by atoms with Crippen molar-refractivity contribution in [1.82, 2.24) is 4.57 Å². The lowest BCUT2D eigenvalue weighted by atomic mass is 10.2. The molecule has 2 N–H and O–H groups in total. The van der Waals surface area contributed by atoms with Gasteiger partial charge < -0.3 is 14.9 Å². The summed E-state index contributed by atoms with van der Waals surface area (Å²) < 4.78 is 1.78. The summed E-state index contributed by atoms with van der Waals surface area (Å²) in [7, 11) is 0. The lowest BCUT2D eigenvalue weighted by Crippen LogP contribution is -2.00. The molecule has 86 valence electrons. The zero-order chi connectivity index (χ0) is 12.3. The summed E-state index contributed by atoms with van der Waals surface area (Å²) in [6, 6.07) is 10.0. The van der Waals surface area contributed by atoms with E-state index in [1.54, 1.807) is 29.0 Å². The predicted octanol–water partition coefficient (Wildman–Crippen LogP) is 1.98. The maximum atomic E-state index is 10.7. The number of aromatic nitrogens is 1. The van der Waals surface area contributed by atoms with Crippen LogP contribution in [-0.2, 0) is 0 Å². The summed E-state index contributed by atoms with van der Waals surface area (Å²) in [5.41, 5.74) is 1.74. The van der Waals surface area contributed by atoms with Gasteiger partial charge in [-0.3, -0.25) is 0 Å². The Morgan fingerprint density at radius 2 is 1.94 bits per heavy atom. The second-order valence-electron chi connectivity index (χ2n) is 3.40. The van der Waals surface area contributed by atoms with Gasteiger partial charge in [-0.15, -0.1) is 0 Å². The van der Waals surface area contributed by atoms with Crippen LogP contribution >= 0.6 is 0 Å². The molecule has 5 heteroatoms. The highest BCUT2D eigenvalue weighted by atomic mass is 16.4. The molecule has 0 amide bonds. The first-order chi connectivity index (χ1) is 8.22. The molecule has 0 saturated heterocycles. The van der Waals surface area contributed by atoms with Crippen LogP contribution in [0.15, 0.2) is 47.8 Å². The monoisotopic (exact) mass is 230 g/mol. The van der Waals surface area contributed by atoms with Gasteiger partial charge >= 0.3 is 5.97 Å². The van der Waals surface area contributed by atoms with Gasteiger partial charge in [0.15, 0.2) is 0 Å². The molecule has 0 atom stereocenters. The molecule has 0 spiro atoms. The molecular formula is C12H10N2O3. The molecule has 0 bridgehead atoms. The van der Waals surface area contributed by atoms with Crippen molar-refractivity contribution in [2.75, 3.05) is 0 Å². The Balaban J connectivity index is 2.39. The van der Waals surface area contributed by atoms with Gasteiger partial charge in [0.25, 0.3) is 0 Å². The number of hydrogen-bond acceptors (Lipinski definition) is 3. The molecule has 0 fully saturated rings. The molecule has 1 aromatic heterocycles. The van der Waals surface area contributed by atoms with Gasteiger partial charge in [0, 0.05) is 11.9 Å². The van der Waals surface area contributed by atoms with Crippen molar-refractivity contribution in [3.8, 4) is 5.69 Å². The van der Waals surface area contributed by atoms with Gasteiger partial charge in [0.1, 0.15) is 0 Å². The van der Waals surface area contributed by atoms with E-state index in [-0.39, 0.29) is 5.56 Å². The van der Waals surface area contributed by atoms with E-state index >= 15 is 0 Å². The Morgan fingerprint density at radius 1 is 1.24 bits per heavy atom. The summed E-state index contributed by atoms with van der Waals surface area (Å²) >= 11 is 0. The van der Waals surface area contributed by atoms with Crippen molar-refractivity contribution in [1.29, 1.82) is 0 Å². The number of carboxylic acid groups (broad SMARTS) is 1. The van der Waals surface area contributed by atoms with Crippen molar-refractivity contribution in [2.24, 2.45) is 5.16 Å².